The van der Waals surface area contributed by atoms with Crippen LogP contribution in [-0.2, 0) is 4.79 Å². The van der Waals surface area contributed by atoms with Crippen LogP contribution in [0.15, 0.2) is 18.3 Å². The maximum Gasteiger partial charge on any atom is 0.254 e. The summed E-state index contributed by atoms with van der Waals surface area (Å²) in [7, 11) is 3.46. The molecule has 1 unspecified atom stereocenters. The summed E-state index contributed by atoms with van der Waals surface area (Å²) in [5.74, 6) is 1.08. The molecule has 7 nitrogen and oxygen atoms in total. The minimum atomic E-state index is -0.311. The fourth-order valence-electron chi connectivity index (χ4n) is 5.23. The van der Waals surface area contributed by atoms with Gasteiger partial charge in [-0.2, -0.15) is 0 Å². The van der Waals surface area contributed by atoms with Gasteiger partial charge in [-0.15, -0.1) is 0 Å². The van der Waals surface area contributed by atoms with Crippen molar-refractivity contribution >= 4 is 17.6 Å². The molecule has 1 saturated carbocycles. The highest BCUT2D eigenvalue weighted by Gasteiger charge is 2.50. The highest BCUT2D eigenvalue weighted by Crippen LogP contribution is 2.43. The number of hydrogen-bond donors (Lipinski definition) is 1. The van der Waals surface area contributed by atoms with Gasteiger partial charge >= 0.3 is 0 Å². The number of anilines is 1. The molecular formula is C22H32N4O3. The Kier molecular flexibility index (Phi) is 5.51. The van der Waals surface area contributed by atoms with Crippen molar-refractivity contribution in [2.75, 3.05) is 38.6 Å². The van der Waals surface area contributed by atoms with Gasteiger partial charge in [0.1, 0.15) is 5.82 Å². The van der Waals surface area contributed by atoms with Crippen LogP contribution in [0.2, 0.25) is 0 Å². The van der Waals surface area contributed by atoms with E-state index in [2.05, 4.69) is 14.8 Å². The number of hydrogen-bond acceptors (Lipinski definition) is 5. The van der Waals surface area contributed by atoms with Crippen LogP contribution in [0, 0.1) is 5.41 Å². The van der Waals surface area contributed by atoms with Crippen molar-refractivity contribution < 1.29 is 14.7 Å². The second kappa shape index (κ2) is 7.94. The largest absolute Gasteiger partial charge is 0.393 e. The number of carbonyl (C=O) groups is 2. The third-order valence-electron chi connectivity index (χ3n) is 6.95. The fraction of sp³-hybridized carbons (Fsp3) is 0.682. The molecule has 1 N–H and O–H groups in total. The predicted molar refractivity (Wildman–Crippen MR) is 111 cm³/mol. The second-order valence-corrected chi connectivity index (χ2v) is 9.12. The Labute approximate surface area is 172 Å². The van der Waals surface area contributed by atoms with Gasteiger partial charge in [0.15, 0.2) is 0 Å². The number of pyridine rings is 1. The molecular weight excluding hydrogens is 368 g/mol. The number of aliphatic hydroxyl groups excluding tert-OH is 1. The molecule has 2 saturated heterocycles. The molecule has 158 valence electrons. The first-order valence-electron chi connectivity index (χ1n) is 10.8. The van der Waals surface area contributed by atoms with Gasteiger partial charge in [0.25, 0.3) is 5.91 Å². The summed E-state index contributed by atoms with van der Waals surface area (Å²) in [6.07, 6.45) is 7.68. The van der Waals surface area contributed by atoms with Crippen molar-refractivity contribution in [1.29, 1.82) is 0 Å². The molecule has 3 aliphatic rings. The third kappa shape index (κ3) is 3.84. The molecule has 3 heterocycles. The zero-order valence-electron chi connectivity index (χ0n) is 17.5. The Morgan fingerprint density at radius 2 is 1.93 bits per heavy atom. The maximum absolute atomic E-state index is 13.4. The Morgan fingerprint density at radius 3 is 2.59 bits per heavy atom. The van der Waals surface area contributed by atoms with Crippen LogP contribution >= 0.6 is 0 Å². The molecule has 0 aromatic carbocycles. The van der Waals surface area contributed by atoms with Crippen LogP contribution < -0.4 is 4.90 Å². The summed E-state index contributed by atoms with van der Waals surface area (Å²) in [5, 5.41) is 9.78. The number of amides is 2. The van der Waals surface area contributed by atoms with E-state index in [-0.39, 0.29) is 23.5 Å². The average Bonchev–Trinajstić information content (AvgIpc) is 3.04. The number of aliphatic hydroxyl groups is 1. The van der Waals surface area contributed by atoms with Crippen LogP contribution in [-0.4, -0.2) is 77.6 Å². The molecule has 7 heteroatoms. The number of carbonyl (C=O) groups excluding carboxylic acids is 2. The van der Waals surface area contributed by atoms with Crippen molar-refractivity contribution in [1.82, 2.24) is 14.8 Å². The lowest BCUT2D eigenvalue weighted by molar-refractivity contribution is -0.139. The molecule has 2 amide bonds. The molecule has 1 aliphatic carbocycles. The first-order chi connectivity index (χ1) is 13.9. The molecule has 3 fully saturated rings. The molecule has 2 aliphatic heterocycles. The fourth-order valence-corrected chi connectivity index (χ4v) is 5.23. The summed E-state index contributed by atoms with van der Waals surface area (Å²) in [6.45, 7) is 2.42. The van der Waals surface area contributed by atoms with Crippen molar-refractivity contribution in [3.05, 3.63) is 23.9 Å². The van der Waals surface area contributed by atoms with Crippen LogP contribution in [0.25, 0.3) is 0 Å². The van der Waals surface area contributed by atoms with E-state index in [0.717, 1.165) is 63.9 Å². The Bertz CT molecular complexity index is 758. The molecule has 0 radical (unpaired) electrons. The number of aromatic nitrogens is 1. The summed E-state index contributed by atoms with van der Waals surface area (Å²) >= 11 is 0. The standard InChI is InChI=1S/C22H32N4O3/c1-24(2)20(28)16-4-9-19(23-14-16)25-12-3-10-22(15-25)11-13-26(21(22)29)17-5-7-18(27)8-6-17/h4,9,14,17-18,27H,3,5-8,10-13,15H2,1-2H3/t17-,18-,22?. The lowest BCUT2D eigenvalue weighted by Gasteiger charge is -2.41. The summed E-state index contributed by atoms with van der Waals surface area (Å²) in [4.78, 5) is 35.9. The van der Waals surface area contributed by atoms with Gasteiger partial charge in [-0.05, 0) is 57.1 Å². The number of rotatable bonds is 3. The Hall–Kier alpha value is -2.15. The first-order valence-corrected chi connectivity index (χ1v) is 10.8. The van der Waals surface area contributed by atoms with E-state index >= 15 is 0 Å². The van der Waals surface area contributed by atoms with Gasteiger partial charge in [0.2, 0.25) is 5.91 Å². The molecule has 1 aromatic rings. The van der Waals surface area contributed by atoms with E-state index in [1.807, 2.05) is 12.1 Å². The molecule has 0 bridgehead atoms. The van der Waals surface area contributed by atoms with E-state index < -0.39 is 0 Å². The average molecular weight is 401 g/mol. The van der Waals surface area contributed by atoms with Crippen LogP contribution in [0.5, 0.6) is 0 Å². The monoisotopic (exact) mass is 400 g/mol. The zero-order chi connectivity index (χ0) is 20.6. The van der Waals surface area contributed by atoms with Crippen LogP contribution in [0.3, 0.4) is 0 Å². The van der Waals surface area contributed by atoms with Gasteiger partial charge < -0.3 is 19.8 Å². The highest BCUT2D eigenvalue weighted by atomic mass is 16.3. The molecule has 4 rings (SSSR count). The maximum atomic E-state index is 13.4. The zero-order valence-corrected chi connectivity index (χ0v) is 17.5. The first kappa shape index (κ1) is 20.1. The molecule has 1 aromatic heterocycles. The van der Waals surface area contributed by atoms with E-state index in [1.54, 1.807) is 25.2 Å². The molecule has 1 spiro atoms. The number of nitrogens with zero attached hydrogens (tertiary/aromatic N) is 4. The predicted octanol–water partition coefficient (Wildman–Crippen LogP) is 1.91. The summed E-state index contributed by atoms with van der Waals surface area (Å²) < 4.78 is 0. The molecule has 29 heavy (non-hydrogen) atoms. The van der Waals surface area contributed by atoms with Gasteiger partial charge in [-0.1, -0.05) is 0 Å². The quantitative estimate of drug-likeness (QED) is 0.839. The van der Waals surface area contributed by atoms with Gasteiger partial charge in [-0.3, -0.25) is 9.59 Å². The van der Waals surface area contributed by atoms with E-state index in [9.17, 15) is 14.7 Å². The van der Waals surface area contributed by atoms with E-state index in [4.69, 9.17) is 0 Å². The smallest absolute Gasteiger partial charge is 0.254 e. The third-order valence-corrected chi connectivity index (χ3v) is 6.95. The Balaban J connectivity index is 1.45. The van der Waals surface area contributed by atoms with Gasteiger partial charge in [0, 0.05) is 46.0 Å². The van der Waals surface area contributed by atoms with Crippen molar-refractivity contribution in [3.63, 3.8) is 0 Å². The lowest BCUT2D eigenvalue weighted by atomic mass is 9.78. The Morgan fingerprint density at radius 1 is 1.17 bits per heavy atom. The number of likely N-dealkylation sites (tertiary alicyclic amines) is 1. The van der Waals surface area contributed by atoms with Crippen molar-refractivity contribution in [2.24, 2.45) is 5.41 Å². The normalized spacial score (nSPS) is 30.1. The minimum absolute atomic E-state index is 0.0571. The lowest BCUT2D eigenvalue weighted by Crippen LogP contribution is -2.50. The van der Waals surface area contributed by atoms with E-state index in [1.165, 1.54) is 0 Å². The topological polar surface area (TPSA) is 77.0 Å². The van der Waals surface area contributed by atoms with E-state index in [0.29, 0.717) is 18.0 Å². The van der Waals surface area contributed by atoms with Gasteiger partial charge in [-0.25, -0.2) is 4.98 Å². The number of piperidine rings is 1. The summed E-state index contributed by atoms with van der Waals surface area (Å²) in [5.41, 5.74) is 0.266. The van der Waals surface area contributed by atoms with Crippen LogP contribution in [0.4, 0.5) is 5.82 Å². The highest BCUT2D eigenvalue weighted by molar-refractivity contribution is 5.93. The minimum Gasteiger partial charge on any atom is -0.393 e. The van der Waals surface area contributed by atoms with Gasteiger partial charge in [0.05, 0.1) is 17.1 Å². The second-order valence-electron chi connectivity index (χ2n) is 9.12. The SMILES string of the molecule is CN(C)C(=O)c1ccc(N2CCCC3(CCN([C@H]4CC[C@H](O)CC4)C3=O)C2)nc1. The van der Waals surface area contributed by atoms with Crippen LogP contribution in [0.1, 0.15) is 55.3 Å². The van der Waals surface area contributed by atoms with Crippen molar-refractivity contribution in [2.45, 2.75) is 57.1 Å². The summed E-state index contributed by atoms with van der Waals surface area (Å²) in [6, 6.07) is 4.01. The van der Waals surface area contributed by atoms with Crippen molar-refractivity contribution in [3.8, 4) is 0 Å². The molecule has 1 atom stereocenters.